The number of aryl methyl sites for hydroxylation is 2. The predicted molar refractivity (Wildman–Crippen MR) is 60.1 cm³/mol. The van der Waals surface area contributed by atoms with Crippen LogP contribution >= 0.6 is 15.9 Å². The zero-order chi connectivity index (χ0) is 10.1. The SMILES string of the molecule is CCc1[nH]cc(Br)c1-c1ccn(C)n1. The molecule has 0 spiro atoms. The van der Waals surface area contributed by atoms with Gasteiger partial charge in [-0.05, 0) is 28.4 Å². The third-order valence-electron chi connectivity index (χ3n) is 2.24. The minimum absolute atomic E-state index is 0.984. The monoisotopic (exact) mass is 253 g/mol. The van der Waals surface area contributed by atoms with E-state index in [0.29, 0.717) is 0 Å². The van der Waals surface area contributed by atoms with Gasteiger partial charge in [0.15, 0.2) is 0 Å². The van der Waals surface area contributed by atoms with Gasteiger partial charge in [-0.25, -0.2) is 0 Å². The fraction of sp³-hybridized carbons (Fsp3) is 0.300. The molecule has 0 unspecified atom stereocenters. The Bertz CT molecular complexity index is 442. The quantitative estimate of drug-likeness (QED) is 0.878. The molecule has 1 N–H and O–H groups in total. The first-order chi connectivity index (χ1) is 6.72. The van der Waals surface area contributed by atoms with Crippen molar-refractivity contribution in [3.63, 3.8) is 0 Å². The molecule has 3 nitrogen and oxygen atoms in total. The maximum atomic E-state index is 4.39. The van der Waals surface area contributed by atoms with E-state index < -0.39 is 0 Å². The van der Waals surface area contributed by atoms with Gasteiger partial charge in [-0.1, -0.05) is 6.92 Å². The highest BCUT2D eigenvalue weighted by molar-refractivity contribution is 9.10. The highest BCUT2D eigenvalue weighted by Gasteiger charge is 2.12. The van der Waals surface area contributed by atoms with Crippen molar-refractivity contribution in [3.05, 3.63) is 28.6 Å². The van der Waals surface area contributed by atoms with E-state index in [9.17, 15) is 0 Å². The van der Waals surface area contributed by atoms with Crippen LogP contribution in [0.4, 0.5) is 0 Å². The molecule has 4 heteroatoms. The molecular formula is C10H12BrN3. The molecule has 2 aromatic rings. The molecule has 0 saturated carbocycles. The number of hydrogen-bond acceptors (Lipinski definition) is 1. The Balaban J connectivity index is 2.54. The standard InChI is InChI=1S/C10H12BrN3/c1-3-8-10(7(11)6-12-8)9-4-5-14(2)13-9/h4-6,12H,3H2,1-2H3. The largest absolute Gasteiger partial charge is 0.363 e. The number of rotatable bonds is 2. The number of aromatic amines is 1. The molecule has 0 radical (unpaired) electrons. The van der Waals surface area contributed by atoms with Gasteiger partial charge in [0.1, 0.15) is 0 Å². The van der Waals surface area contributed by atoms with Crippen LogP contribution in [0.5, 0.6) is 0 Å². The minimum Gasteiger partial charge on any atom is -0.363 e. The van der Waals surface area contributed by atoms with E-state index in [0.717, 1.165) is 16.6 Å². The van der Waals surface area contributed by atoms with Crippen molar-refractivity contribution in [1.29, 1.82) is 0 Å². The third-order valence-corrected chi connectivity index (χ3v) is 2.86. The van der Waals surface area contributed by atoms with Crippen LogP contribution in [0.15, 0.2) is 22.9 Å². The van der Waals surface area contributed by atoms with Crippen LogP contribution < -0.4 is 0 Å². The normalized spacial score (nSPS) is 10.8. The Hall–Kier alpha value is -1.03. The molecule has 0 saturated heterocycles. The Morgan fingerprint density at radius 3 is 2.93 bits per heavy atom. The van der Waals surface area contributed by atoms with Gasteiger partial charge >= 0.3 is 0 Å². The number of halogens is 1. The lowest BCUT2D eigenvalue weighted by molar-refractivity contribution is 0.770. The van der Waals surface area contributed by atoms with Crippen LogP contribution in [0.1, 0.15) is 12.6 Å². The second kappa shape index (κ2) is 3.61. The van der Waals surface area contributed by atoms with Gasteiger partial charge in [-0.15, -0.1) is 0 Å². The first-order valence-corrected chi connectivity index (χ1v) is 5.37. The van der Waals surface area contributed by atoms with Crippen molar-refractivity contribution in [1.82, 2.24) is 14.8 Å². The molecule has 0 aromatic carbocycles. The summed E-state index contributed by atoms with van der Waals surface area (Å²) in [5.41, 5.74) is 3.40. The molecule has 74 valence electrons. The molecule has 2 heterocycles. The average molecular weight is 254 g/mol. The summed E-state index contributed by atoms with van der Waals surface area (Å²) >= 11 is 3.52. The summed E-state index contributed by atoms with van der Waals surface area (Å²) in [4.78, 5) is 3.24. The molecule has 0 amide bonds. The molecule has 0 aliphatic heterocycles. The Labute approximate surface area is 91.3 Å². The summed E-state index contributed by atoms with van der Waals surface area (Å²) in [6, 6.07) is 2.02. The van der Waals surface area contributed by atoms with Crippen molar-refractivity contribution in [2.45, 2.75) is 13.3 Å². The second-order valence-electron chi connectivity index (χ2n) is 3.22. The fourth-order valence-electron chi connectivity index (χ4n) is 1.54. The van der Waals surface area contributed by atoms with E-state index in [2.05, 4.69) is 32.9 Å². The van der Waals surface area contributed by atoms with Gasteiger partial charge in [0.05, 0.1) is 5.69 Å². The fourth-order valence-corrected chi connectivity index (χ4v) is 2.10. The first kappa shape index (κ1) is 9.52. The van der Waals surface area contributed by atoms with E-state index in [-0.39, 0.29) is 0 Å². The topological polar surface area (TPSA) is 33.6 Å². The van der Waals surface area contributed by atoms with Gasteiger partial charge in [0.2, 0.25) is 0 Å². The number of aromatic nitrogens is 3. The van der Waals surface area contributed by atoms with Gasteiger partial charge in [-0.2, -0.15) is 5.10 Å². The predicted octanol–water partition coefficient (Wildman–Crippen LogP) is 2.74. The third kappa shape index (κ3) is 1.50. The van der Waals surface area contributed by atoms with Crippen LogP contribution in [0.3, 0.4) is 0 Å². The number of hydrogen-bond donors (Lipinski definition) is 1. The molecule has 0 bridgehead atoms. The van der Waals surface area contributed by atoms with Crippen molar-refractivity contribution < 1.29 is 0 Å². The van der Waals surface area contributed by atoms with Crippen molar-refractivity contribution in [2.24, 2.45) is 7.05 Å². The number of H-pyrrole nitrogens is 1. The average Bonchev–Trinajstić information content (AvgIpc) is 2.71. The lowest BCUT2D eigenvalue weighted by Crippen LogP contribution is -1.90. The second-order valence-corrected chi connectivity index (χ2v) is 4.07. The van der Waals surface area contributed by atoms with Gasteiger partial charge in [-0.3, -0.25) is 4.68 Å². The zero-order valence-corrected chi connectivity index (χ0v) is 9.80. The van der Waals surface area contributed by atoms with Crippen LogP contribution in [0.2, 0.25) is 0 Å². The van der Waals surface area contributed by atoms with E-state index in [1.54, 1.807) is 0 Å². The van der Waals surface area contributed by atoms with Gasteiger partial charge in [0, 0.05) is 35.2 Å². The van der Waals surface area contributed by atoms with Gasteiger partial charge < -0.3 is 4.98 Å². The summed E-state index contributed by atoms with van der Waals surface area (Å²) in [7, 11) is 1.93. The summed E-state index contributed by atoms with van der Waals surface area (Å²) in [5, 5.41) is 4.39. The van der Waals surface area contributed by atoms with Crippen LogP contribution in [-0.4, -0.2) is 14.8 Å². The minimum atomic E-state index is 0.984. The first-order valence-electron chi connectivity index (χ1n) is 4.58. The molecule has 14 heavy (non-hydrogen) atoms. The van der Waals surface area contributed by atoms with E-state index in [1.165, 1.54) is 11.3 Å². The lowest BCUT2D eigenvalue weighted by Gasteiger charge is -1.98. The van der Waals surface area contributed by atoms with Crippen LogP contribution in [0.25, 0.3) is 11.3 Å². The Kier molecular flexibility index (Phi) is 2.46. The van der Waals surface area contributed by atoms with Gasteiger partial charge in [0.25, 0.3) is 0 Å². The highest BCUT2D eigenvalue weighted by Crippen LogP contribution is 2.30. The van der Waals surface area contributed by atoms with E-state index in [1.807, 2.05) is 30.2 Å². The maximum Gasteiger partial charge on any atom is 0.0952 e. The number of nitrogens with zero attached hydrogens (tertiary/aromatic N) is 2. The summed E-state index contributed by atoms with van der Waals surface area (Å²) < 4.78 is 2.89. The van der Waals surface area contributed by atoms with E-state index >= 15 is 0 Å². The summed E-state index contributed by atoms with van der Waals surface area (Å²) in [5.74, 6) is 0. The molecular weight excluding hydrogens is 242 g/mol. The summed E-state index contributed by atoms with van der Waals surface area (Å²) in [6.07, 6.45) is 4.90. The smallest absolute Gasteiger partial charge is 0.0952 e. The summed E-state index contributed by atoms with van der Waals surface area (Å²) in [6.45, 7) is 2.13. The lowest BCUT2D eigenvalue weighted by atomic mass is 10.1. The molecule has 0 aliphatic rings. The number of nitrogens with one attached hydrogen (secondary N) is 1. The Morgan fingerprint density at radius 1 is 1.57 bits per heavy atom. The Morgan fingerprint density at radius 2 is 2.36 bits per heavy atom. The molecule has 0 aliphatic carbocycles. The molecule has 0 fully saturated rings. The van der Waals surface area contributed by atoms with Crippen LogP contribution in [-0.2, 0) is 13.5 Å². The molecule has 2 aromatic heterocycles. The van der Waals surface area contributed by atoms with E-state index in [4.69, 9.17) is 0 Å². The highest BCUT2D eigenvalue weighted by atomic mass is 79.9. The van der Waals surface area contributed by atoms with Crippen LogP contribution in [0, 0.1) is 0 Å². The zero-order valence-electron chi connectivity index (χ0n) is 8.21. The molecule has 2 rings (SSSR count). The van der Waals surface area contributed by atoms with Crippen molar-refractivity contribution in [3.8, 4) is 11.3 Å². The molecule has 0 atom stereocenters. The van der Waals surface area contributed by atoms with Crippen molar-refractivity contribution >= 4 is 15.9 Å². The van der Waals surface area contributed by atoms with Crippen molar-refractivity contribution in [2.75, 3.05) is 0 Å². The maximum absolute atomic E-state index is 4.39.